The molecule has 0 bridgehead atoms. The maximum absolute atomic E-state index is 12.9. The Labute approximate surface area is 115 Å². The van der Waals surface area contributed by atoms with Crippen LogP contribution in [0.2, 0.25) is 5.02 Å². The lowest BCUT2D eigenvalue weighted by Crippen LogP contribution is -2.40. The fourth-order valence-corrected chi connectivity index (χ4v) is 2.09. The number of aliphatic hydroxyl groups is 1. The van der Waals surface area contributed by atoms with Crippen molar-refractivity contribution in [1.29, 1.82) is 0 Å². The summed E-state index contributed by atoms with van der Waals surface area (Å²) in [6.45, 7) is -0.291. The minimum Gasteiger partial charge on any atom is -0.397 e. The van der Waals surface area contributed by atoms with E-state index in [1.54, 1.807) is 21.1 Å². The molecule has 0 aromatic heterocycles. The van der Waals surface area contributed by atoms with Crippen LogP contribution >= 0.6 is 11.6 Å². The van der Waals surface area contributed by atoms with Crippen molar-refractivity contribution in [3.8, 4) is 0 Å². The summed E-state index contributed by atoms with van der Waals surface area (Å²) in [6.07, 6.45) is -4.57. The molecule has 1 aromatic rings. The molecule has 3 nitrogen and oxygen atoms in total. The summed E-state index contributed by atoms with van der Waals surface area (Å²) in [7, 11) is 5.33. The second-order valence-electron chi connectivity index (χ2n) is 5.28. The van der Waals surface area contributed by atoms with Gasteiger partial charge >= 0.3 is 6.18 Å². The van der Waals surface area contributed by atoms with Crippen LogP contribution in [-0.2, 0) is 6.18 Å². The van der Waals surface area contributed by atoms with Crippen LogP contribution in [-0.4, -0.2) is 37.3 Å². The van der Waals surface area contributed by atoms with E-state index in [0.29, 0.717) is 5.56 Å². The number of quaternary nitrogens is 1. The van der Waals surface area contributed by atoms with Crippen molar-refractivity contribution in [2.45, 2.75) is 12.2 Å². The van der Waals surface area contributed by atoms with E-state index in [-0.39, 0.29) is 16.1 Å². The Bertz CT molecular complexity index is 469. The van der Waals surface area contributed by atoms with Gasteiger partial charge in [0.05, 0.1) is 44.0 Å². The van der Waals surface area contributed by atoms with Gasteiger partial charge in [-0.25, -0.2) is 0 Å². The highest BCUT2D eigenvalue weighted by molar-refractivity contribution is 6.33. The van der Waals surface area contributed by atoms with Crippen molar-refractivity contribution in [3.05, 3.63) is 28.3 Å². The largest absolute Gasteiger partial charge is 0.418 e. The smallest absolute Gasteiger partial charge is 0.397 e. The number of likely N-dealkylation sites (N-methyl/N-ethyl adjacent to an activating group) is 1. The summed E-state index contributed by atoms with van der Waals surface area (Å²) >= 11 is 5.76. The Kier molecular flexibility index (Phi) is 4.39. The zero-order valence-corrected chi connectivity index (χ0v) is 11.7. The number of halogens is 4. The number of aliphatic hydroxyl groups excluding tert-OH is 1. The van der Waals surface area contributed by atoms with Gasteiger partial charge in [0.25, 0.3) is 0 Å². The van der Waals surface area contributed by atoms with Gasteiger partial charge in [-0.15, -0.1) is 0 Å². The molecule has 7 heteroatoms. The molecule has 108 valence electrons. The summed E-state index contributed by atoms with van der Waals surface area (Å²) in [5.41, 5.74) is 4.22. The molecule has 0 radical (unpaired) electrons. The number of nitrogens with two attached hydrogens (primary N) is 1. The average Bonchev–Trinajstić information content (AvgIpc) is 2.20. The van der Waals surface area contributed by atoms with Gasteiger partial charge < -0.3 is 15.3 Å². The van der Waals surface area contributed by atoms with E-state index in [0.717, 1.165) is 6.07 Å². The highest BCUT2D eigenvalue weighted by Crippen LogP contribution is 2.39. The average molecular weight is 298 g/mol. The van der Waals surface area contributed by atoms with Gasteiger partial charge in [-0.3, -0.25) is 0 Å². The van der Waals surface area contributed by atoms with E-state index in [1.165, 1.54) is 6.07 Å². The molecule has 3 N–H and O–H groups in total. The molecule has 19 heavy (non-hydrogen) atoms. The number of alkyl halides is 3. The lowest BCUT2D eigenvalue weighted by Gasteiger charge is -2.33. The van der Waals surface area contributed by atoms with E-state index in [9.17, 15) is 18.3 Å². The summed E-state index contributed by atoms with van der Waals surface area (Å²) in [5, 5.41) is 9.24. The van der Waals surface area contributed by atoms with E-state index in [4.69, 9.17) is 17.3 Å². The van der Waals surface area contributed by atoms with Crippen LogP contribution in [0, 0.1) is 0 Å². The monoisotopic (exact) mass is 297 g/mol. The first-order valence-electron chi connectivity index (χ1n) is 5.56. The minimum absolute atomic E-state index is 0.156. The van der Waals surface area contributed by atoms with Crippen LogP contribution < -0.4 is 5.73 Å². The number of benzene rings is 1. The number of hydrogen-bond donors (Lipinski definition) is 2. The molecule has 0 amide bonds. The Morgan fingerprint density at radius 3 is 2.21 bits per heavy atom. The van der Waals surface area contributed by atoms with E-state index >= 15 is 0 Å². The molecule has 1 aromatic carbocycles. The molecule has 0 aliphatic carbocycles. The number of anilines is 1. The Morgan fingerprint density at radius 1 is 1.32 bits per heavy atom. The third-order valence-electron chi connectivity index (χ3n) is 2.95. The quantitative estimate of drug-likeness (QED) is 0.665. The Morgan fingerprint density at radius 2 is 1.84 bits per heavy atom. The van der Waals surface area contributed by atoms with Gasteiger partial charge in [0, 0.05) is 5.56 Å². The molecule has 0 saturated carbocycles. The topological polar surface area (TPSA) is 46.2 Å². The minimum atomic E-state index is -4.57. The van der Waals surface area contributed by atoms with Crippen molar-refractivity contribution >= 4 is 17.3 Å². The molecule has 0 saturated heterocycles. The molecular formula is C12H17ClF3N2O+. The Balaban J connectivity index is 3.43. The third kappa shape index (κ3) is 3.52. The summed E-state index contributed by atoms with van der Waals surface area (Å²) in [4.78, 5) is 0. The first kappa shape index (κ1) is 16.1. The van der Waals surface area contributed by atoms with Crippen molar-refractivity contribution in [3.63, 3.8) is 0 Å². The lowest BCUT2D eigenvalue weighted by molar-refractivity contribution is -0.902. The third-order valence-corrected chi connectivity index (χ3v) is 3.26. The maximum atomic E-state index is 12.9. The number of nitrogens with zero attached hydrogens (tertiary/aromatic N) is 1. The van der Waals surface area contributed by atoms with Crippen molar-refractivity contribution in [2.24, 2.45) is 0 Å². The molecule has 1 unspecified atom stereocenters. The lowest BCUT2D eigenvalue weighted by atomic mass is 10.0. The van der Waals surface area contributed by atoms with Crippen LogP contribution in [0.1, 0.15) is 17.2 Å². The molecule has 0 spiro atoms. The zero-order valence-electron chi connectivity index (χ0n) is 10.9. The standard InChI is InChI=1S/C12H17ClF3N2O/c1-18(2,3)10(6-19)7-4-8(12(14,15)16)11(17)9(13)5-7/h4-5,10,19H,6,17H2,1-3H3/q+1. The fourth-order valence-electron chi connectivity index (χ4n) is 1.86. The van der Waals surface area contributed by atoms with Crippen LogP contribution in [0.25, 0.3) is 0 Å². The van der Waals surface area contributed by atoms with Crippen LogP contribution in [0.4, 0.5) is 18.9 Å². The predicted molar refractivity (Wildman–Crippen MR) is 68.7 cm³/mol. The van der Waals surface area contributed by atoms with Gasteiger partial charge in [0.1, 0.15) is 6.04 Å². The van der Waals surface area contributed by atoms with E-state index in [1.807, 2.05) is 0 Å². The molecule has 1 atom stereocenters. The number of rotatable bonds is 3. The molecule has 0 heterocycles. The van der Waals surface area contributed by atoms with Crippen LogP contribution in [0.3, 0.4) is 0 Å². The molecule has 1 rings (SSSR count). The first-order valence-corrected chi connectivity index (χ1v) is 5.94. The highest BCUT2D eigenvalue weighted by atomic mass is 35.5. The fraction of sp³-hybridized carbons (Fsp3) is 0.500. The van der Waals surface area contributed by atoms with Crippen LogP contribution in [0.5, 0.6) is 0 Å². The SMILES string of the molecule is C[N+](C)(C)C(CO)c1cc(Cl)c(N)c(C(F)(F)F)c1. The molecule has 0 aliphatic heterocycles. The number of hydrogen-bond acceptors (Lipinski definition) is 2. The van der Waals surface area contributed by atoms with E-state index < -0.39 is 23.5 Å². The zero-order chi connectivity index (χ0) is 15.0. The van der Waals surface area contributed by atoms with E-state index in [2.05, 4.69) is 0 Å². The second-order valence-corrected chi connectivity index (χ2v) is 5.68. The second kappa shape index (κ2) is 5.19. The molecular weight excluding hydrogens is 281 g/mol. The van der Waals surface area contributed by atoms with Gasteiger partial charge in [-0.05, 0) is 12.1 Å². The van der Waals surface area contributed by atoms with Crippen molar-refractivity contribution in [2.75, 3.05) is 33.5 Å². The summed E-state index contributed by atoms with van der Waals surface area (Å²) in [6, 6.07) is 1.81. The van der Waals surface area contributed by atoms with Crippen molar-refractivity contribution < 1.29 is 22.8 Å². The Hall–Kier alpha value is -0.980. The van der Waals surface area contributed by atoms with Gasteiger partial charge in [-0.1, -0.05) is 11.6 Å². The number of nitrogen functional groups attached to an aromatic ring is 1. The maximum Gasteiger partial charge on any atom is 0.418 e. The highest BCUT2D eigenvalue weighted by Gasteiger charge is 2.36. The molecule has 0 fully saturated rings. The summed E-state index contributed by atoms with van der Waals surface area (Å²) in [5.74, 6) is 0. The molecule has 0 aliphatic rings. The summed E-state index contributed by atoms with van der Waals surface area (Å²) < 4.78 is 38.9. The van der Waals surface area contributed by atoms with Gasteiger partial charge in [-0.2, -0.15) is 13.2 Å². The van der Waals surface area contributed by atoms with Gasteiger partial charge in [0.15, 0.2) is 0 Å². The van der Waals surface area contributed by atoms with Gasteiger partial charge in [0.2, 0.25) is 0 Å². The van der Waals surface area contributed by atoms with Crippen molar-refractivity contribution in [1.82, 2.24) is 0 Å². The van der Waals surface area contributed by atoms with Crippen LogP contribution in [0.15, 0.2) is 12.1 Å². The first-order chi connectivity index (χ1) is 8.48. The predicted octanol–water partition coefficient (Wildman–Crippen LogP) is 2.68. The normalized spacial score (nSPS) is 14.5.